The standard InChI is InChI=1S/C23H14ClNO/c24-21-11-5-16(6-12-21)13-20(15-25)17-7-9-18(10-8-17)23-14-19-3-1-2-4-22(19)26-23/h1-14H. The zero-order chi connectivity index (χ0) is 17.9. The molecule has 0 saturated heterocycles. The number of halogens is 1. The van der Waals surface area contributed by atoms with Crippen molar-refractivity contribution in [1.29, 1.82) is 5.26 Å². The van der Waals surface area contributed by atoms with Crippen molar-refractivity contribution in [3.63, 3.8) is 0 Å². The largest absolute Gasteiger partial charge is 0.456 e. The fourth-order valence-corrected chi connectivity index (χ4v) is 2.97. The van der Waals surface area contributed by atoms with E-state index in [2.05, 4.69) is 6.07 Å². The minimum absolute atomic E-state index is 0.600. The monoisotopic (exact) mass is 355 g/mol. The number of benzene rings is 3. The molecule has 0 aliphatic carbocycles. The SMILES string of the molecule is N#CC(=Cc1ccc(Cl)cc1)c1ccc(-c2cc3ccccc3o2)cc1. The van der Waals surface area contributed by atoms with Crippen molar-refractivity contribution in [1.82, 2.24) is 0 Å². The highest BCUT2D eigenvalue weighted by molar-refractivity contribution is 6.30. The molecule has 1 heterocycles. The van der Waals surface area contributed by atoms with Gasteiger partial charge in [-0.05, 0) is 41.5 Å². The van der Waals surface area contributed by atoms with E-state index in [0.29, 0.717) is 10.6 Å². The lowest BCUT2D eigenvalue weighted by molar-refractivity contribution is 0.631. The first kappa shape index (κ1) is 16.2. The van der Waals surface area contributed by atoms with Gasteiger partial charge in [-0.3, -0.25) is 0 Å². The number of furan rings is 1. The first-order valence-corrected chi connectivity index (χ1v) is 8.57. The summed E-state index contributed by atoms with van der Waals surface area (Å²) in [5.41, 5.74) is 4.25. The smallest absolute Gasteiger partial charge is 0.135 e. The van der Waals surface area contributed by atoms with Crippen molar-refractivity contribution in [2.24, 2.45) is 0 Å². The van der Waals surface area contributed by atoms with Gasteiger partial charge in [0.1, 0.15) is 11.3 Å². The van der Waals surface area contributed by atoms with Gasteiger partial charge in [0, 0.05) is 16.0 Å². The third-order valence-corrected chi connectivity index (χ3v) is 4.46. The van der Waals surface area contributed by atoms with Crippen LogP contribution in [0.2, 0.25) is 5.02 Å². The third-order valence-electron chi connectivity index (χ3n) is 4.21. The molecule has 0 atom stereocenters. The summed E-state index contributed by atoms with van der Waals surface area (Å²) in [5.74, 6) is 0.818. The number of allylic oxidation sites excluding steroid dienone is 1. The number of fused-ring (bicyclic) bond motifs is 1. The van der Waals surface area contributed by atoms with E-state index >= 15 is 0 Å². The van der Waals surface area contributed by atoms with Crippen LogP contribution in [0, 0.1) is 11.3 Å². The Kier molecular flexibility index (Phi) is 4.31. The summed E-state index contributed by atoms with van der Waals surface area (Å²) in [6.45, 7) is 0. The van der Waals surface area contributed by atoms with E-state index in [1.165, 1.54) is 0 Å². The summed E-state index contributed by atoms with van der Waals surface area (Å²) in [6, 6.07) is 27.5. The highest BCUT2D eigenvalue weighted by Gasteiger charge is 2.07. The van der Waals surface area contributed by atoms with Crippen molar-refractivity contribution in [2.45, 2.75) is 0 Å². The van der Waals surface area contributed by atoms with Crippen LogP contribution in [0.15, 0.2) is 83.3 Å². The highest BCUT2D eigenvalue weighted by Crippen LogP contribution is 2.29. The minimum atomic E-state index is 0.600. The summed E-state index contributed by atoms with van der Waals surface area (Å²) >= 11 is 5.91. The zero-order valence-corrected chi connectivity index (χ0v) is 14.6. The van der Waals surface area contributed by atoms with Crippen LogP contribution in [-0.2, 0) is 0 Å². The predicted molar refractivity (Wildman–Crippen MR) is 107 cm³/mol. The predicted octanol–water partition coefficient (Wildman–Crippen LogP) is 6.82. The highest BCUT2D eigenvalue weighted by atomic mass is 35.5. The number of rotatable bonds is 3. The molecule has 0 unspecified atom stereocenters. The number of nitrogens with zero attached hydrogens (tertiary/aromatic N) is 1. The Labute approximate surface area is 156 Å². The Balaban J connectivity index is 1.65. The maximum Gasteiger partial charge on any atom is 0.135 e. The van der Waals surface area contributed by atoms with Crippen LogP contribution < -0.4 is 0 Å². The van der Waals surface area contributed by atoms with Crippen LogP contribution in [0.5, 0.6) is 0 Å². The molecule has 0 fully saturated rings. The summed E-state index contributed by atoms with van der Waals surface area (Å²) < 4.78 is 5.90. The van der Waals surface area contributed by atoms with E-state index in [-0.39, 0.29) is 0 Å². The van der Waals surface area contributed by atoms with E-state index in [4.69, 9.17) is 16.0 Å². The van der Waals surface area contributed by atoms with Crippen molar-refractivity contribution in [3.8, 4) is 17.4 Å². The molecule has 4 rings (SSSR count). The van der Waals surface area contributed by atoms with Gasteiger partial charge in [-0.25, -0.2) is 0 Å². The average Bonchev–Trinajstić information content (AvgIpc) is 3.12. The Morgan fingerprint density at radius 3 is 2.35 bits per heavy atom. The lowest BCUT2D eigenvalue weighted by Gasteiger charge is -2.02. The van der Waals surface area contributed by atoms with E-state index in [0.717, 1.165) is 33.4 Å². The summed E-state index contributed by atoms with van der Waals surface area (Å²) in [6.07, 6.45) is 1.85. The summed E-state index contributed by atoms with van der Waals surface area (Å²) in [4.78, 5) is 0. The maximum atomic E-state index is 9.51. The molecular weight excluding hydrogens is 342 g/mol. The van der Waals surface area contributed by atoms with Gasteiger partial charge in [0.25, 0.3) is 0 Å². The maximum absolute atomic E-state index is 9.51. The molecule has 3 heteroatoms. The Morgan fingerprint density at radius 2 is 1.65 bits per heavy atom. The van der Waals surface area contributed by atoms with Crippen LogP contribution in [0.25, 0.3) is 33.9 Å². The lowest BCUT2D eigenvalue weighted by atomic mass is 10.0. The molecule has 0 spiro atoms. The first-order valence-electron chi connectivity index (χ1n) is 8.20. The van der Waals surface area contributed by atoms with Crippen molar-refractivity contribution in [2.75, 3.05) is 0 Å². The fourth-order valence-electron chi connectivity index (χ4n) is 2.84. The number of nitriles is 1. The van der Waals surface area contributed by atoms with Crippen LogP contribution in [0.1, 0.15) is 11.1 Å². The molecule has 1 aromatic heterocycles. The van der Waals surface area contributed by atoms with Crippen LogP contribution in [0.3, 0.4) is 0 Å². The van der Waals surface area contributed by atoms with Crippen LogP contribution >= 0.6 is 11.6 Å². The topological polar surface area (TPSA) is 36.9 Å². The third kappa shape index (κ3) is 3.26. The van der Waals surface area contributed by atoms with Gasteiger partial charge < -0.3 is 4.42 Å². The van der Waals surface area contributed by atoms with Gasteiger partial charge in [-0.1, -0.05) is 66.2 Å². The molecule has 0 N–H and O–H groups in total. The number of para-hydroxylation sites is 1. The molecule has 4 aromatic rings. The van der Waals surface area contributed by atoms with Gasteiger partial charge in [0.15, 0.2) is 0 Å². The molecule has 124 valence electrons. The normalized spacial score (nSPS) is 11.5. The molecule has 0 bridgehead atoms. The van der Waals surface area contributed by atoms with Crippen LogP contribution in [0.4, 0.5) is 0 Å². The first-order chi connectivity index (χ1) is 12.7. The Bertz CT molecular complexity index is 1100. The van der Waals surface area contributed by atoms with Crippen molar-refractivity contribution < 1.29 is 4.42 Å². The second-order valence-corrected chi connectivity index (χ2v) is 6.38. The molecule has 26 heavy (non-hydrogen) atoms. The summed E-state index contributed by atoms with van der Waals surface area (Å²) in [5, 5.41) is 11.3. The van der Waals surface area contributed by atoms with Gasteiger partial charge in [-0.15, -0.1) is 0 Å². The Hall–Kier alpha value is -3.28. The lowest BCUT2D eigenvalue weighted by Crippen LogP contribution is -1.83. The fraction of sp³-hybridized carbons (Fsp3) is 0. The molecule has 2 nitrogen and oxygen atoms in total. The van der Waals surface area contributed by atoms with Gasteiger partial charge in [0.05, 0.1) is 11.6 Å². The van der Waals surface area contributed by atoms with Crippen molar-refractivity contribution in [3.05, 3.63) is 95.0 Å². The molecule has 3 aromatic carbocycles. The van der Waals surface area contributed by atoms with Gasteiger partial charge in [0.2, 0.25) is 0 Å². The van der Waals surface area contributed by atoms with E-state index in [1.807, 2.05) is 84.9 Å². The molecule has 0 aliphatic heterocycles. The molecule has 0 saturated carbocycles. The van der Waals surface area contributed by atoms with Gasteiger partial charge >= 0.3 is 0 Å². The molecular formula is C23H14ClNO. The second-order valence-electron chi connectivity index (χ2n) is 5.95. The van der Waals surface area contributed by atoms with Gasteiger partial charge in [-0.2, -0.15) is 5.26 Å². The summed E-state index contributed by atoms with van der Waals surface area (Å²) in [7, 11) is 0. The zero-order valence-electron chi connectivity index (χ0n) is 13.8. The minimum Gasteiger partial charge on any atom is -0.456 e. The molecule has 0 aliphatic rings. The quantitative estimate of drug-likeness (QED) is 0.298. The van der Waals surface area contributed by atoms with Crippen LogP contribution in [-0.4, -0.2) is 0 Å². The van der Waals surface area contributed by atoms with E-state index in [9.17, 15) is 5.26 Å². The molecule has 0 radical (unpaired) electrons. The van der Waals surface area contributed by atoms with E-state index < -0.39 is 0 Å². The van der Waals surface area contributed by atoms with Crippen molar-refractivity contribution >= 4 is 34.2 Å². The average molecular weight is 356 g/mol. The number of hydrogen-bond donors (Lipinski definition) is 0. The second kappa shape index (κ2) is 6.92. The molecule has 0 amide bonds. The van der Waals surface area contributed by atoms with E-state index in [1.54, 1.807) is 0 Å². The number of hydrogen-bond acceptors (Lipinski definition) is 2. The Morgan fingerprint density at radius 1 is 0.923 bits per heavy atom.